The fraction of sp³-hybridized carbons (Fsp3) is 0.293. The Bertz CT molecular complexity index is 1380. The molecule has 0 fully saturated rings. The molecule has 3 heteroatoms. The minimum atomic E-state index is -0.446. The first-order chi connectivity index (χ1) is 20.7. The molecule has 0 amide bonds. The maximum absolute atomic E-state index is 3.10. The van der Waals surface area contributed by atoms with Gasteiger partial charge in [0.15, 0.2) is 0 Å². The molecule has 0 nitrogen and oxygen atoms in total. The number of benzene rings is 4. The smallest absolute Gasteiger partial charge is 0.00506 e. The second-order valence-electron chi connectivity index (χ2n) is 14.0. The van der Waals surface area contributed by atoms with Crippen LogP contribution in [0.25, 0.3) is 0 Å². The average molecular weight is 707 g/mol. The second-order valence-corrected chi connectivity index (χ2v) is 18.0. The van der Waals surface area contributed by atoms with Crippen LogP contribution < -0.4 is 21.2 Å². The first-order valence-corrected chi connectivity index (χ1v) is 19.6. The van der Waals surface area contributed by atoms with Crippen molar-refractivity contribution in [1.82, 2.24) is 0 Å². The van der Waals surface area contributed by atoms with Crippen LogP contribution in [0, 0.1) is 6.42 Å². The first kappa shape index (κ1) is 36.2. The first-order valence-electron chi connectivity index (χ1n) is 15.3. The van der Waals surface area contributed by atoms with Crippen LogP contribution in [0.4, 0.5) is 0 Å². The van der Waals surface area contributed by atoms with E-state index in [1.165, 1.54) is 44.4 Å². The van der Waals surface area contributed by atoms with E-state index in [2.05, 4.69) is 183 Å². The zero-order valence-electron chi connectivity index (χ0n) is 27.9. The molecule has 1 aliphatic rings. The molecule has 5 rings (SSSR count). The van der Waals surface area contributed by atoms with Crippen LogP contribution >= 0.6 is 14.4 Å². The van der Waals surface area contributed by atoms with Gasteiger partial charge in [0.05, 0.1) is 0 Å². The van der Waals surface area contributed by atoms with E-state index in [1.54, 1.807) is 0 Å². The van der Waals surface area contributed by atoms with Crippen LogP contribution in [0.15, 0.2) is 127 Å². The summed E-state index contributed by atoms with van der Waals surface area (Å²) in [5.74, 6) is 0. The predicted molar refractivity (Wildman–Crippen MR) is 197 cm³/mol. The Kier molecular flexibility index (Phi) is 13.4. The van der Waals surface area contributed by atoms with Gasteiger partial charge < -0.3 is 0 Å². The molecular formula is C41H49P2Rh. The Balaban J connectivity index is 0.000000207. The molecule has 0 saturated carbocycles. The molecule has 0 atom stereocenters. The SMILES string of the molecule is CC(C)(C)c1cc(C(C)(C)C)c([P]=[Rh])c(C(C)(C)C)c1.[CH]1C=CC=C1.c1ccc(P(c2ccccc2)c2ccccc2)cc1. The van der Waals surface area contributed by atoms with Crippen molar-refractivity contribution in [2.75, 3.05) is 0 Å². The van der Waals surface area contributed by atoms with Crippen molar-refractivity contribution < 1.29 is 17.3 Å². The Morgan fingerprint density at radius 2 is 0.818 bits per heavy atom. The summed E-state index contributed by atoms with van der Waals surface area (Å²) in [4.78, 5) is 0. The maximum atomic E-state index is 3.10. The van der Waals surface area contributed by atoms with Crippen molar-refractivity contribution >= 4 is 35.6 Å². The topological polar surface area (TPSA) is 0 Å². The number of hydrogen-bond donors (Lipinski definition) is 0. The summed E-state index contributed by atoms with van der Waals surface area (Å²) in [6, 6.07) is 37.2. The molecular weight excluding hydrogens is 657 g/mol. The van der Waals surface area contributed by atoms with E-state index in [0.29, 0.717) is 0 Å². The van der Waals surface area contributed by atoms with Crippen molar-refractivity contribution in [3.63, 3.8) is 0 Å². The van der Waals surface area contributed by atoms with Gasteiger partial charge in [-0.2, -0.15) is 0 Å². The third kappa shape index (κ3) is 10.7. The summed E-state index contributed by atoms with van der Waals surface area (Å²) in [5, 5.41) is 5.67. The van der Waals surface area contributed by atoms with Gasteiger partial charge in [0.2, 0.25) is 0 Å². The van der Waals surface area contributed by atoms with Gasteiger partial charge in [-0.3, -0.25) is 0 Å². The summed E-state index contributed by atoms with van der Waals surface area (Å²) in [5.41, 5.74) is 4.96. The van der Waals surface area contributed by atoms with Gasteiger partial charge in [-0.15, -0.1) is 0 Å². The molecule has 44 heavy (non-hydrogen) atoms. The minimum absolute atomic E-state index is 0.176. The third-order valence-electron chi connectivity index (χ3n) is 7.27. The van der Waals surface area contributed by atoms with E-state index in [0.717, 1.165) is 0 Å². The van der Waals surface area contributed by atoms with Crippen LogP contribution in [0.2, 0.25) is 0 Å². The Hall–Kier alpha value is -2.29. The van der Waals surface area contributed by atoms with E-state index in [9.17, 15) is 0 Å². The molecule has 0 spiro atoms. The van der Waals surface area contributed by atoms with Gasteiger partial charge in [0.1, 0.15) is 0 Å². The molecule has 0 aromatic heterocycles. The molecule has 0 bridgehead atoms. The molecule has 0 aliphatic heterocycles. The summed E-state index contributed by atoms with van der Waals surface area (Å²) >= 11 is 3.10. The molecule has 4 aromatic carbocycles. The quantitative estimate of drug-likeness (QED) is 0.146. The van der Waals surface area contributed by atoms with Gasteiger partial charge in [0.25, 0.3) is 0 Å². The Morgan fingerprint density at radius 1 is 0.477 bits per heavy atom. The van der Waals surface area contributed by atoms with E-state index in [1.807, 2.05) is 30.7 Å². The van der Waals surface area contributed by atoms with Crippen LogP contribution in [0.5, 0.6) is 0 Å². The molecule has 0 saturated heterocycles. The van der Waals surface area contributed by atoms with Crippen LogP contribution in [0.1, 0.15) is 79.0 Å². The number of rotatable bonds is 4. The molecule has 1 radical (unpaired) electrons. The fourth-order valence-corrected chi connectivity index (χ4v) is 9.24. The maximum Gasteiger partial charge on any atom is 0.00506 e. The molecule has 4 aromatic rings. The summed E-state index contributed by atoms with van der Waals surface area (Å²) in [7, 11) is -0.446. The predicted octanol–water partition coefficient (Wildman–Crippen LogP) is 10.4. The van der Waals surface area contributed by atoms with E-state index in [-0.39, 0.29) is 16.2 Å². The van der Waals surface area contributed by atoms with E-state index >= 15 is 0 Å². The molecule has 1 aliphatic carbocycles. The summed E-state index contributed by atoms with van der Waals surface area (Å²) in [6.07, 6.45) is 10.0. The molecule has 0 unspecified atom stereocenters. The van der Waals surface area contributed by atoms with Gasteiger partial charge in [-0.1, -0.05) is 115 Å². The monoisotopic (exact) mass is 706 g/mol. The standard InChI is InChI=1S/C18H15P.C18H29P.C5H5.Rh/c1-4-10-16(11-5-1)19(17-12-6-2-7-13-17)18-14-8-3-9-15-18;1-16(2,3)12-10-13(17(4,5)6)15(19)14(11-12)18(7,8)9;1-2-4-5-3-1;/h1-15H;10-11H,1-9H3;1-5H;. The zero-order valence-corrected chi connectivity index (χ0v) is 31.4. The minimum Gasteiger partial charge on any atom is -0.0767 e. The van der Waals surface area contributed by atoms with Crippen molar-refractivity contribution in [1.29, 1.82) is 0 Å². The number of hydrogen-bond acceptors (Lipinski definition) is 0. The molecule has 0 N–H and O–H groups in total. The second kappa shape index (κ2) is 16.3. The Labute approximate surface area is 280 Å². The third-order valence-corrected chi connectivity index (χ3v) is 11.4. The van der Waals surface area contributed by atoms with Crippen LogP contribution in [-0.4, -0.2) is 0 Å². The van der Waals surface area contributed by atoms with Crippen molar-refractivity contribution in [2.24, 2.45) is 0 Å². The van der Waals surface area contributed by atoms with Crippen molar-refractivity contribution in [3.05, 3.63) is 151 Å². The van der Waals surface area contributed by atoms with Crippen molar-refractivity contribution in [3.8, 4) is 0 Å². The molecule has 0 heterocycles. The Morgan fingerprint density at radius 3 is 1.05 bits per heavy atom. The van der Waals surface area contributed by atoms with Gasteiger partial charge in [0, 0.05) is 6.42 Å². The van der Waals surface area contributed by atoms with Gasteiger partial charge in [-0.05, 0) is 23.8 Å². The van der Waals surface area contributed by atoms with E-state index < -0.39 is 7.92 Å². The average Bonchev–Trinajstić information content (AvgIpc) is 3.58. The fourth-order valence-electron chi connectivity index (χ4n) is 4.79. The van der Waals surface area contributed by atoms with Gasteiger partial charge >= 0.3 is 136 Å². The summed E-state index contributed by atoms with van der Waals surface area (Å²) < 4.78 is 0. The van der Waals surface area contributed by atoms with Crippen molar-refractivity contribution in [2.45, 2.75) is 78.6 Å². The van der Waals surface area contributed by atoms with Crippen LogP contribution in [0.3, 0.4) is 0 Å². The normalized spacial score (nSPS) is 12.9. The largest absolute Gasteiger partial charge is 0.0767 e. The molecule has 232 valence electrons. The van der Waals surface area contributed by atoms with Crippen LogP contribution in [-0.2, 0) is 33.6 Å². The van der Waals surface area contributed by atoms with E-state index in [4.69, 9.17) is 0 Å². The number of allylic oxidation sites excluding steroid dienone is 4. The van der Waals surface area contributed by atoms with Gasteiger partial charge in [-0.25, -0.2) is 0 Å². The summed E-state index contributed by atoms with van der Waals surface area (Å²) in [6.45, 7) is 22.1. The zero-order chi connectivity index (χ0) is 32.4.